The number of carbonyl (C=O) groups excluding carboxylic acids is 2. The summed E-state index contributed by atoms with van der Waals surface area (Å²) in [5.41, 5.74) is 2.27. The van der Waals surface area contributed by atoms with Crippen LogP contribution < -0.4 is 5.32 Å². The van der Waals surface area contributed by atoms with Gasteiger partial charge in [-0.15, -0.1) is 0 Å². The molecule has 36 heavy (non-hydrogen) atoms. The van der Waals surface area contributed by atoms with Gasteiger partial charge in [0.25, 0.3) is 0 Å². The number of nitrogens with one attached hydrogen (secondary N) is 2. The Kier molecular flexibility index (Phi) is 5.49. The average Bonchev–Trinajstić information content (AvgIpc) is 3.41. The minimum Gasteiger partial charge on any atom is -0.349 e. The Bertz CT molecular complexity index is 1200. The smallest absolute Gasteiger partial charge is 0.338 e. The van der Waals surface area contributed by atoms with E-state index in [2.05, 4.69) is 49.3 Å². The molecule has 192 valence electrons. The molecule has 6 rings (SSSR count). The Labute approximate surface area is 214 Å². The molecule has 2 amide bonds. The topological polar surface area (TPSA) is 74.8 Å². The number of aromatic amines is 1. The molecule has 3 saturated carbocycles. The van der Waals surface area contributed by atoms with Gasteiger partial charge in [0, 0.05) is 24.3 Å². The molecule has 0 bridgehead atoms. The largest absolute Gasteiger partial charge is 0.349 e. The number of fused-ring (bicyclic) bond motifs is 6. The van der Waals surface area contributed by atoms with Crippen molar-refractivity contribution in [2.24, 2.45) is 34.5 Å². The van der Waals surface area contributed by atoms with Gasteiger partial charge in [-0.25, -0.2) is 9.78 Å². The summed E-state index contributed by atoms with van der Waals surface area (Å²) in [4.78, 5) is 33.6. The molecule has 6 nitrogen and oxygen atoms in total. The average molecular weight is 490 g/mol. The van der Waals surface area contributed by atoms with E-state index in [4.69, 9.17) is 0 Å². The van der Waals surface area contributed by atoms with Gasteiger partial charge in [-0.1, -0.05) is 32.1 Å². The van der Waals surface area contributed by atoms with Crippen LogP contribution in [-0.2, 0) is 16.1 Å². The van der Waals surface area contributed by atoms with Crippen LogP contribution in [0.3, 0.4) is 0 Å². The monoisotopic (exact) mass is 489 g/mol. The molecule has 0 unspecified atom stereocenters. The third-order valence-corrected chi connectivity index (χ3v) is 11.2. The Morgan fingerprint density at radius 1 is 1.11 bits per heavy atom. The van der Waals surface area contributed by atoms with Crippen molar-refractivity contribution < 1.29 is 14.1 Å². The molecule has 0 spiro atoms. The summed E-state index contributed by atoms with van der Waals surface area (Å²) in [7, 11) is 4.22. The van der Waals surface area contributed by atoms with Crippen LogP contribution in [0.15, 0.2) is 36.4 Å². The molecule has 1 aromatic heterocycles. The van der Waals surface area contributed by atoms with Gasteiger partial charge in [-0.2, -0.15) is 0 Å². The zero-order chi connectivity index (χ0) is 25.3. The number of para-hydroxylation sites is 2. The fourth-order valence-corrected chi connectivity index (χ4v) is 9.23. The first-order valence-corrected chi connectivity index (χ1v) is 13.9. The molecular formula is C30H41N4O2+. The summed E-state index contributed by atoms with van der Waals surface area (Å²) in [6, 6.07) is 8.35. The Morgan fingerprint density at radius 3 is 2.72 bits per heavy atom. The minimum atomic E-state index is 0.0870. The molecule has 7 atom stereocenters. The van der Waals surface area contributed by atoms with Gasteiger partial charge >= 0.3 is 5.91 Å². The van der Waals surface area contributed by atoms with E-state index in [9.17, 15) is 9.59 Å². The van der Waals surface area contributed by atoms with Gasteiger partial charge < -0.3 is 10.3 Å². The summed E-state index contributed by atoms with van der Waals surface area (Å²) in [6.45, 7) is 5.36. The quantitative estimate of drug-likeness (QED) is 0.596. The van der Waals surface area contributed by atoms with Crippen LogP contribution in [0.25, 0.3) is 11.0 Å². The van der Waals surface area contributed by atoms with Crippen LogP contribution in [0, 0.1) is 34.5 Å². The maximum Gasteiger partial charge on any atom is 0.338 e. The fourth-order valence-electron chi connectivity index (χ4n) is 9.23. The highest BCUT2D eigenvalue weighted by molar-refractivity contribution is 5.82. The number of carbonyl (C=O) groups is 2. The van der Waals surface area contributed by atoms with Crippen molar-refractivity contribution in [2.45, 2.75) is 71.4 Å². The van der Waals surface area contributed by atoms with Crippen LogP contribution in [0.5, 0.6) is 0 Å². The number of imidazole rings is 1. The van der Waals surface area contributed by atoms with Gasteiger partial charge in [-0.3, -0.25) is 9.28 Å². The molecule has 0 radical (unpaired) electrons. The Morgan fingerprint density at radius 2 is 1.92 bits per heavy atom. The lowest BCUT2D eigenvalue weighted by Gasteiger charge is -2.60. The second-order valence-electron chi connectivity index (χ2n) is 13.0. The second kappa shape index (κ2) is 8.27. The van der Waals surface area contributed by atoms with Crippen LogP contribution in [-0.4, -0.2) is 46.4 Å². The third kappa shape index (κ3) is 3.51. The lowest BCUT2D eigenvalue weighted by molar-refractivity contribution is -0.850. The van der Waals surface area contributed by atoms with Gasteiger partial charge in [-0.05, 0) is 73.3 Å². The van der Waals surface area contributed by atoms with E-state index in [-0.39, 0.29) is 22.6 Å². The van der Waals surface area contributed by atoms with Gasteiger partial charge in [0.2, 0.25) is 5.91 Å². The Hall–Kier alpha value is -2.47. The minimum absolute atomic E-state index is 0.0870. The Balaban J connectivity index is 1.13. The summed E-state index contributed by atoms with van der Waals surface area (Å²) in [5, 5.41) is 3.14. The number of benzene rings is 1. The number of amides is 2. The number of quaternary nitrogens is 1. The summed E-state index contributed by atoms with van der Waals surface area (Å²) in [6.07, 6.45) is 11.9. The molecular weight excluding hydrogens is 448 g/mol. The van der Waals surface area contributed by atoms with Crippen molar-refractivity contribution >= 4 is 22.8 Å². The standard InChI is InChI=1S/C30H40N4O2/c1-29-15-13-22-20(10-12-25-30(22,2)16-14-28(36)34(25,3)4)21(29)11-9-19(29)17-27(35)31-18-26-32-23-7-5-6-8-24(23)33-26/h5-8,14,16,19-22,25H,9-13,15,17-18H2,1-4H3,(H-,31,32,33,35)/p+1/t19-,20+,21+,22+,25-,29-,30-/m1/s1. The van der Waals surface area contributed by atoms with Crippen molar-refractivity contribution in [1.82, 2.24) is 15.3 Å². The van der Waals surface area contributed by atoms with Gasteiger partial charge in [0.15, 0.2) is 0 Å². The fraction of sp³-hybridized carbons (Fsp3) is 0.633. The van der Waals surface area contributed by atoms with Crippen molar-refractivity contribution in [3.63, 3.8) is 0 Å². The molecule has 2 aromatic rings. The van der Waals surface area contributed by atoms with Crippen LogP contribution in [0.1, 0.15) is 64.6 Å². The molecule has 1 aliphatic heterocycles. The molecule has 3 fully saturated rings. The molecule has 6 heteroatoms. The lowest BCUT2D eigenvalue weighted by atomic mass is 9.47. The zero-order valence-electron chi connectivity index (χ0n) is 22.2. The number of nitrogens with zero attached hydrogens (tertiary/aromatic N) is 2. The second-order valence-corrected chi connectivity index (χ2v) is 13.0. The summed E-state index contributed by atoms with van der Waals surface area (Å²) >= 11 is 0. The molecule has 1 aromatic carbocycles. The van der Waals surface area contributed by atoms with E-state index in [0.717, 1.165) is 29.7 Å². The molecule has 2 N–H and O–H groups in total. The highest BCUT2D eigenvalue weighted by Crippen LogP contribution is 2.66. The van der Waals surface area contributed by atoms with E-state index in [1.165, 1.54) is 25.7 Å². The molecule has 4 aliphatic rings. The van der Waals surface area contributed by atoms with Crippen LogP contribution >= 0.6 is 0 Å². The van der Waals surface area contributed by atoms with E-state index in [1.54, 1.807) is 0 Å². The summed E-state index contributed by atoms with van der Waals surface area (Å²) < 4.78 is 0.492. The van der Waals surface area contributed by atoms with Crippen molar-refractivity contribution in [3.8, 4) is 0 Å². The van der Waals surface area contributed by atoms with E-state index >= 15 is 0 Å². The van der Waals surface area contributed by atoms with Crippen molar-refractivity contribution in [3.05, 3.63) is 42.2 Å². The molecule has 0 saturated heterocycles. The first-order valence-electron chi connectivity index (χ1n) is 13.9. The summed E-state index contributed by atoms with van der Waals surface area (Å²) in [5.74, 6) is 3.66. The number of H-pyrrole nitrogens is 1. The first kappa shape index (κ1) is 23.9. The predicted octanol–water partition coefficient (Wildman–Crippen LogP) is 4.97. The van der Waals surface area contributed by atoms with E-state index < -0.39 is 0 Å². The number of aromatic nitrogens is 2. The third-order valence-electron chi connectivity index (χ3n) is 11.2. The normalized spacial score (nSPS) is 38.9. The highest BCUT2D eigenvalue weighted by atomic mass is 16.2. The molecule has 2 heterocycles. The zero-order valence-corrected chi connectivity index (χ0v) is 22.2. The SMILES string of the molecule is C[C@]12C=CC(=O)[N+](C)(C)[C@@H]1CC[C@@H]1[C@@H]2CC[C@]2(C)[C@@H](CC(=O)NCc3nc4ccccc4[nH]3)CC[C@@H]12. The first-order chi connectivity index (χ1) is 17.1. The van der Waals surface area contributed by atoms with E-state index in [0.29, 0.717) is 47.2 Å². The van der Waals surface area contributed by atoms with Crippen LogP contribution in [0.4, 0.5) is 0 Å². The number of rotatable bonds is 4. The van der Waals surface area contributed by atoms with Gasteiger partial charge in [0.1, 0.15) is 11.9 Å². The van der Waals surface area contributed by atoms with Gasteiger partial charge in [0.05, 0.1) is 31.7 Å². The number of likely N-dealkylation sites (N-methyl/N-ethyl adjacent to an activating group) is 1. The number of hydrogen-bond acceptors (Lipinski definition) is 3. The molecule has 3 aliphatic carbocycles. The van der Waals surface area contributed by atoms with Crippen molar-refractivity contribution in [2.75, 3.05) is 14.1 Å². The van der Waals surface area contributed by atoms with Crippen LogP contribution in [0.2, 0.25) is 0 Å². The lowest BCUT2D eigenvalue weighted by Crippen LogP contribution is -2.66. The predicted molar refractivity (Wildman–Crippen MR) is 140 cm³/mol. The number of hydrogen-bond donors (Lipinski definition) is 2. The maximum absolute atomic E-state index is 13.0. The van der Waals surface area contributed by atoms with Crippen molar-refractivity contribution in [1.29, 1.82) is 0 Å². The maximum atomic E-state index is 13.0. The van der Waals surface area contributed by atoms with E-state index in [1.807, 2.05) is 30.3 Å². The highest BCUT2D eigenvalue weighted by Gasteiger charge is 2.63.